The maximum atomic E-state index is 12.1. The molecule has 144 valence electrons. The average Bonchev–Trinajstić information content (AvgIpc) is 3.20. The molecule has 0 bridgehead atoms. The smallest absolute Gasteiger partial charge is 0.254 e. The second kappa shape index (κ2) is 9.03. The molecule has 3 rings (SSSR count). The van der Waals surface area contributed by atoms with Crippen molar-refractivity contribution in [2.45, 2.75) is 44.3 Å². The minimum absolute atomic E-state index is 0.0913. The third-order valence-corrected chi connectivity index (χ3v) is 5.30. The van der Waals surface area contributed by atoms with Crippen molar-refractivity contribution in [3.8, 4) is 0 Å². The van der Waals surface area contributed by atoms with E-state index in [1.54, 1.807) is 6.92 Å². The Morgan fingerprint density at radius 1 is 1.33 bits per heavy atom. The van der Waals surface area contributed by atoms with E-state index in [2.05, 4.69) is 25.2 Å². The molecule has 1 saturated heterocycles. The lowest BCUT2D eigenvalue weighted by atomic mass is 10.1. The monoisotopic (exact) mass is 387 g/mol. The highest BCUT2D eigenvalue weighted by molar-refractivity contribution is 7.98. The Hall–Kier alpha value is -2.35. The number of carbonyl (C=O) groups excluding carboxylic acids is 1. The van der Waals surface area contributed by atoms with Gasteiger partial charge >= 0.3 is 0 Å². The van der Waals surface area contributed by atoms with Gasteiger partial charge in [-0.1, -0.05) is 17.8 Å². The van der Waals surface area contributed by atoms with E-state index in [4.69, 9.17) is 0 Å². The lowest BCUT2D eigenvalue weighted by molar-refractivity contribution is -0.121. The van der Waals surface area contributed by atoms with Gasteiger partial charge in [0, 0.05) is 43.5 Å². The first kappa shape index (κ1) is 19.4. The number of aromatic amines is 1. The number of pyridine rings is 1. The van der Waals surface area contributed by atoms with E-state index in [0.29, 0.717) is 29.4 Å². The van der Waals surface area contributed by atoms with E-state index in [1.165, 1.54) is 24.6 Å². The molecule has 27 heavy (non-hydrogen) atoms. The molecule has 2 aromatic heterocycles. The fourth-order valence-corrected chi connectivity index (χ4v) is 3.58. The minimum atomic E-state index is -0.165. The molecule has 1 aliphatic rings. The standard InChI is InChI=1S/C19H25N5O2S/c1-13-15(18(26)23-19(22-13)27-2)6-8-17(25)21-12-14-5-7-16(20-11-14)24-9-3-4-10-24/h5,7,11H,3-4,6,8-10,12H2,1-2H3,(H,21,25)(H,22,23,26). The molecule has 8 heteroatoms. The van der Waals surface area contributed by atoms with Crippen LogP contribution in [-0.4, -0.2) is 40.2 Å². The number of nitrogens with one attached hydrogen (secondary N) is 2. The Kier molecular flexibility index (Phi) is 6.49. The second-order valence-corrected chi connectivity index (χ2v) is 7.43. The normalized spacial score (nSPS) is 13.8. The number of nitrogens with zero attached hydrogens (tertiary/aromatic N) is 3. The van der Waals surface area contributed by atoms with Crippen LogP contribution in [0.4, 0.5) is 5.82 Å². The van der Waals surface area contributed by atoms with Crippen molar-refractivity contribution in [1.29, 1.82) is 0 Å². The summed E-state index contributed by atoms with van der Waals surface area (Å²) in [4.78, 5) is 38.1. The molecule has 1 amide bonds. The van der Waals surface area contributed by atoms with E-state index in [1.807, 2.05) is 24.6 Å². The number of rotatable bonds is 7. The van der Waals surface area contributed by atoms with Crippen LogP contribution in [0.25, 0.3) is 0 Å². The summed E-state index contributed by atoms with van der Waals surface area (Å²) < 4.78 is 0. The summed E-state index contributed by atoms with van der Waals surface area (Å²) in [5, 5.41) is 3.48. The zero-order valence-electron chi connectivity index (χ0n) is 15.7. The van der Waals surface area contributed by atoms with Crippen molar-refractivity contribution < 1.29 is 4.79 Å². The molecule has 7 nitrogen and oxygen atoms in total. The van der Waals surface area contributed by atoms with E-state index < -0.39 is 0 Å². The lowest BCUT2D eigenvalue weighted by Crippen LogP contribution is -2.25. The van der Waals surface area contributed by atoms with E-state index in [0.717, 1.165) is 24.5 Å². The van der Waals surface area contributed by atoms with Crippen molar-refractivity contribution in [3.05, 3.63) is 45.5 Å². The second-order valence-electron chi connectivity index (χ2n) is 6.63. The third-order valence-electron chi connectivity index (χ3n) is 4.72. The highest BCUT2D eigenvalue weighted by Gasteiger charge is 2.13. The molecule has 0 unspecified atom stereocenters. The maximum absolute atomic E-state index is 12.1. The van der Waals surface area contributed by atoms with Crippen LogP contribution in [-0.2, 0) is 17.8 Å². The van der Waals surface area contributed by atoms with Crippen LogP contribution in [0.3, 0.4) is 0 Å². The largest absolute Gasteiger partial charge is 0.357 e. The maximum Gasteiger partial charge on any atom is 0.254 e. The molecule has 0 radical (unpaired) electrons. The van der Waals surface area contributed by atoms with Gasteiger partial charge in [-0.05, 0) is 44.1 Å². The third kappa shape index (κ3) is 5.09. The highest BCUT2D eigenvalue weighted by atomic mass is 32.2. The van der Waals surface area contributed by atoms with Crippen LogP contribution in [0, 0.1) is 6.92 Å². The van der Waals surface area contributed by atoms with Crippen molar-refractivity contribution in [3.63, 3.8) is 0 Å². The number of anilines is 1. The first-order valence-corrected chi connectivity index (χ1v) is 10.4. The lowest BCUT2D eigenvalue weighted by Gasteiger charge is -2.16. The Labute approximate surface area is 163 Å². The van der Waals surface area contributed by atoms with Crippen LogP contribution in [0.1, 0.15) is 36.1 Å². The summed E-state index contributed by atoms with van der Waals surface area (Å²) >= 11 is 1.39. The molecule has 2 N–H and O–H groups in total. The molecule has 0 saturated carbocycles. The van der Waals surface area contributed by atoms with Gasteiger partial charge in [-0.15, -0.1) is 0 Å². The summed E-state index contributed by atoms with van der Waals surface area (Å²) in [7, 11) is 0. The SMILES string of the molecule is CSc1nc(C)c(CCC(=O)NCc2ccc(N3CCCC3)nc2)c(=O)[nH]1. The highest BCUT2D eigenvalue weighted by Crippen LogP contribution is 2.17. The van der Waals surface area contributed by atoms with E-state index in [-0.39, 0.29) is 17.9 Å². The molecule has 0 aromatic carbocycles. The average molecular weight is 388 g/mol. The Balaban J connectivity index is 1.49. The zero-order chi connectivity index (χ0) is 19.2. The van der Waals surface area contributed by atoms with Gasteiger partial charge in [0.05, 0.1) is 0 Å². The van der Waals surface area contributed by atoms with Crippen LogP contribution >= 0.6 is 11.8 Å². The number of hydrogen-bond acceptors (Lipinski definition) is 6. The van der Waals surface area contributed by atoms with Gasteiger partial charge in [0.2, 0.25) is 5.91 Å². The number of hydrogen-bond donors (Lipinski definition) is 2. The predicted octanol–water partition coefficient (Wildman–Crippen LogP) is 2.04. The number of aryl methyl sites for hydroxylation is 1. The fourth-order valence-electron chi connectivity index (χ4n) is 3.16. The number of thioether (sulfide) groups is 1. The van der Waals surface area contributed by atoms with Crippen molar-refractivity contribution in [2.75, 3.05) is 24.2 Å². The van der Waals surface area contributed by atoms with Crippen LogP contribution in [0.2, 0.25) is 0 Å². The summed E-state index contributed by atoms with van der Waals surface area (Å²) in [6.07, 6.45) is 6.74. The summed E-state index contributed by atoms with van der Waals surface area (Å²) in [6.45, 7) is 4.36. The number of aromatic nitrogens is 3. The number of carbonyl (C=O) groups is 1. The van der Waals surface area contributed by atoms with Crippen LogP contribution in [0.15, 0.2) is 28.3 Å². The molecule has 0 atom stereocenters. The Morgan fingerprint density at radius 2 is 2.11 bits per heavy atom. The Morgan fingerprint density at radius 3 is 2.74 bits per heavy atom. The summed E-state index contributed by atoms with van der Waals surface area (Å²) in [5.74, 6) is 0.907. The van der Waals surface area contributed by atoms with Crippen molar-refractivity contribution in [2.24, 2.45) is 0 Å². The van der Waals surface area contributed by atoms with Gasteiger partial charge < -0.3 is 15.2 Å². The van der Waals surface area contributed by atoms with Gasteiger partial charge in [-0.25, -0.2) is 9.97 Å². The number of H-pyrrole nitrogens is 1. The topological polar surface area (TPSA) is 91.0 Å². The predicted molar refractivity (Wildman–Crippen MR) is 107 cm³/mol. The number of amides is 1. The molecular weight excluding hydrogens is 362 g/mol. The summed E-state index contributed by atoms with van der Waals surface area (Å²) in [5.41, 5.74) is 2.05. The molecule has 0 aliphatic carbocycles. The molecule has 3 heterocycles. The van der Waals surface area contributed by atoms with E-state index >= 15 is 0 Å². The van der Waals surface area contributed by atoms with Gasteiger partial charge in [0.1, 0.15) is 5.82 Å². The van der Waals surface area contributed by atoms with Gasteiger partial charge in [-0.2, -0.15) is 0 Å². The molecule has 2 aromatic rings. The molecule has 0 spiro atoms. The Bertz CT molecular complexity index is 844. The van der Waals surface area contributed by atoms with Gasteiger partial charge in [0.25, 0.3) is 5.56 Å². The van der Waals surface area contributed by atoms with E-state index in [9.17, 15) is 9.59 Å². The minimum Gasteiger partial charge on any atom is -0.357 e. The van der Waals surface area contributed by atoms with Crippen molar-refractivity contribution >= 4 is 23.5 Å². The zero-order valence-corrected chi connectivity index (χ0v) is 16.6. The van der Waals surface area contributed by atoms with Gasteiger partial charge in [-0.3, -0.25) is 9.59 Å². The van der Waals surface area contributed by atoms with Crippen molar-refractivity contribution in [1.82, 2.24) is 20.3 Å². The molecular formula is C19H25N5O2S. The molecule has 1 aliphatic heterocycles. The molecule has 1 fully saturated rings. The van der Waals surface area contributed by atoms with Crippen LogP contribution in [0.5, 0.6) is 0 Å². The first-order chi connectivity index (χ1) is 13.1. The first-order valence-electron chi connectivity index (χ1n) is 9.17. The van der Waals surface area contributed by atoms with Crippen LogP contribution < -0.4 is 15.8 Å². The quantitative estimate of drug-likeness (QED) is 0.558. The van der Waals surface area contributed by atoms with Gasteiger partial charge in [0.15, 0.2) is 5.16 Å². The summed E-state index contributed by atoms with van der Waals surface area (Å²) in [6, 6.07) is 4.01. The fraction of sp³-hybridized carbons (Fsp3) is 0.474.